The lowest BCUT2D eigenvalue weighted by atomic mass is 10.1. The van der Waals surface area contributed by atoms with E-state index in [2.05, 4.69) is 36.2 Å². The average molecular weight is 312 g/mol. The average Bonchev–Trinajstić information content (AvgIpc) is 2.83. The molecule has 0 aliphatic rings. The normalized spacial score (nSPS) is 11.8. The van der Waals surface area contributed by atoms with Gasteiger partial charge in [0.15, 0.2) is 5.82 Å². The minimum atomic E-state index is 0.0287. The van der Waals surface area contributed by atoms with Gasteiger partial charge in [0.2, 0.25) is 5.89 Å². The van der Waals surface area contributed by atoms with E-state index in [1.807, 2.05) is 24.3 Å². The number of benzene rings is 1. The summed E-state index contributed by atoms with van der Waals surface area (Å²) in [5, 5.41) is 8.03. The van der Waals surface area contributed by atoms with E-state index in [-0.39, 0.29) is 5.54 Å². The van der Waals surface area contributed by atoms with Gasteiger partial charge in [-0.2, -0.15) is 4.98 Å². The van der Waals surface area contributed by atoms with E-state index in [1.54, 1.807) is 11.8 Å². The summed E-state index contributed by atoms with van der Waals surface area (Å²) in [6.45, 7) is 6.86. The summed E-state index contributed by atoms with van der Waals surface area (Å²) in [6.07, 6.45) is 0. The maximum absolute atomic E-state index is 6.10. The molecule has 1 heterocycles. The van der Waals surface area contributed by atoms with Gasteiger partial charge in [0.25, 0.3) is 0 Å². The van der Waals surface area contributed by atoms with Crippen LogP contribution in [0, 0.1) is 0 Å². The number of hydrogen-bond donors (Lipinski definition) is 1. The van der Waals surface area contributed by atoms with Gasteiger partial charge in [-0.25, -0.2) is 0 Å². The standard InChI is InChI=1S/C14H18ClN3OS/c1-14(2,3)16-8-13-17-12(18-19-13)9-20-11-7-5-4-6-10(11)15/h4-7,16H,8-9H2,1-3H3. The van der Waals surface area contributed by atoms with E-state index in [1.165, 1.54) is 0 Å². The summed E-state index contributed by atoms with van der Waals surface area (Å²) >= 11 is 7.70. The fourth-order valence-electron chi connectivity index (χ4n) is 1.47. The van der Waals surface area contributed by atoms with Gasteiger partial charge in [0, 0.05) is 10.4 Å². The molecule has 2 aromatic rings. The molecule has 20 heavy (non-hydrogen) atoms. The molecule has 0 saturated carbocycles. The van der Waals surface area contributed by atoms with Gasteiger partial charge in [-0.1, -0.05) is 28.9 Å². The minimum absolute atomic E-state index is 0.0287. The zero-order valence-corrected chi connectivity index (χ0v) is 13.4. The molecule has 0 bridgehead atoms. The van der Waals surface area contributed by atoms with Crippen LogP contribution in [-0.2, 0) is 12.3 Å². The molecule has 0 aliphatic carbocycles. The zero-order valence-electron chi connectivity index (χ0n) is 11.8. The highest BCUT2D eigenvalue weighted by Gasteiger charge is 2.12. The minimum Gasteiger partial charge on any atom is -0.338 e. The van der Waals surface area contributed by atoms with Crippen LogP contribution < -0.4 is 5.32 Å². The summed E-state index contributed by atoms with van der Waals surface area (Å²) in [5.41, 5.74) is 0.0287. The molecule has 0 fully saturated rings. The van der Waals surface area contributed by atoms with Crippen LogP contribution in [0.1, 0.15) is 32.5 Å². The number of thioether (sulfide) groups is 1. The number of nitrogens with zero attached hydrogens (tertiary/aromatic N) is 2. The maximum Gasteiger partial charge on any atom is 0.240 e. The molecule has 0 radical (unpaired) electrons. The SMILES string of the molecule is CC(C)(C)NCc1nc(CSc2ccccc2Cl)no1. The van der Waals surface area contributed by atoms with Gasteiger partial charge in [-0.15, -0.1) is 11.8 Å². The first-order valence-electron chi connectivity index (χ1n) is 6.38. The highest BCUT2D eigenvalue weighted by Crippen LogP contribution is 2.28. The fourth-order valence-corrected chi connectivity index (χ4v) is 2.55. The van der Waals surface area contributed by atoms with Crippen LogP contribution in [0.2, 0.25) is 5.02 Å². The van der Waals surface area contributed by atoms with E-state index in [4.69, 9.17) is 16.1 Å². The molecule has 0 saturated heterocycles. The number of hydrogen-bond acceptors (Lipinski definition) is 5. The fraction of sp³-hybridized carbons (Fsp3) is 0.429. The number of rotatable bonds is 5. The lowest BCUT2D eigenvalue weighted by Crippen LogP contribution is -2.35. The Labute approximate surface area is 128 Å². The molecule has 0 atom stereocenters. The molecule has 0 spiro atoms. The van der Waals surface area contributed by atoms with Gasteiger partial charge in [-0.3, -0.25) is 0 Å². The summed E-state index contributed by atoms with van der Waals surface area (Å²) < 4.78 is 5.21. The predicted molar refractivity (Wildman–Crippen MR) is 81.9 cm³/mol. The Morgan fingerprint density at radius 2 is 2.05 bits per heavy atom. The lowest BCUT2D eigenvalue weighted by molar-refractivity contribution is 0.334. The second kappa shape index (κ2) is 6.61. The van der Waals surface area contributed by atoms with Gasteiger partial charge < -0.3 is 9.84 Å². The Bertz CT molecular complexity index is 566. The third kappa shape index (κ3) is 4.81. The second-order valence-electron chi connectivity index (χ2n) is 5.43. The van der Waals surface area contributed by atoms with Gasteiger partial charge in [0.1, 0.15) is 0 Å². The molecular formula is C14H18ClN3OS. The van der Waals surface area contributed by atoms with Crippen LogP contribution in [0.3, 0.4) is 0 Å². The molecule has 1 aromatic heterocycles. The van der Waals surface area contributed by atoms with Crippen molar-refractivity contribution >= 4 is 23.4 Å². The molecule has 0 aliphatic heterocycles. The van der Waals surface area contributed by atoms with E-state index in [0.717, 1.165) is 9.92 Å². The molecule has 1 N–H and O–H groups in total. The third-order valence-electron chi connectivity index (χ3n) is 2.47. The van der Waals surface area contributed by atoms with Crippen molar-refractivity contribution in [1.82, 2.24) is 15.5 Å². The molecule has 2 rings (SSSR count). The van der Waals surface area contributed by atoms with Crippen molar-refractivity contribution in [3.05, 3.63) is 41.0 Å². The molecule has 1 aromatic carbocycles. The molecule has 4 nitrogen and oxygen atoms in total. The largest absolute Gasteiger partial charge is 0.338 e. The van der Waals surface area contributed by atoms with Crippen molar-refractivity contribution in [2.75, 3.05) is 0 Å². The first-order chi connectivity index (χ1) is 9.44. The summed E-state index contributed by atoms with van der Waals surface area (Å²) in [5.74, 6) is 1.93. The monoisotopic (exact) mass is 311 g/mol. The highest BCUT2D eigenvalue weighted by atomic mass is 35.5. The van der Waals surface area contributed by atoms with Gasteiger partial charge in [0.05, 0.1) is 17.3 Å². The highest BCUT2D eigenvalue weighted by molar-refractivity contribution is 7.98. The molecule has 0 unspecified atom stereocenters. The summed E-state index contributed by atoms with van der Waals surface area (Å²) in [6, 6.07) is 7.73. The first kappa shape index (κ1) is 15.4. The van der Waals surface area contributed by atoms with E-state index in [0.29, 0.717) is 24.0 Å². The molecular weight excluding hydrogens is 294 g/mol. The van der Waals surface area contributed by atoms with Crippen molar-refractivity contribution in [3.8, 4) is 0 Å². The Kier molecular flexibility index (Phi) is 5.07. The van der Waals surface area contributed by atoms with Crippen molar-refractivity contribution < 1.29 is 4.52 Å². The molecule has 108 valence electrons. The predicted octanol–water partition coefficient (Wildman–Crippen LogP) is 3.90. The van der Waals surface area contributed by atoms with Crippen LogP contribution in [0.4, 0.5) is 0 Å². The van der Waals surface area contributed by atoms with Crippen LogP contribution in [0.25, 0.3) is 0 Å². The molecule has 0 amide bonds. The number of nitrogens with one attached hydrogen (secondary N) is 1. The van der Waals surface area contributed by atoms with Gasteiger partial charge in [-0.05, 0) is 32.9 Å². The Morgan fingerprint density at radius 3 is 2.75 bits per heavy atom. The number of aromatic nitrogens is 2. The Morgan fingerprint density at radius 1 is 1.30 bits per heavy atom. The summed E-state index contributed by atoms with van der Waals surface area (Å²) in [7, 11) is 0. The van der Waals surface area contributed by atoms with Crippen molar-refractivity contribution in [3.63, 3.8) is 0 Å². The van der Waals surface area contributed by atoms with E-state index < -0.39 is 0 Å². The molecule has 6 heteroatoms. The van der Waals surface area contributed by atoms with Gasteiger partial charge >= 0.3 is 0 Å². The van der Waals surface area contributed by atoms with Crippen molar-refractivity contribution in [1.29, 1.82) is 0 Å². The van der Waals surface area contributed by atoms with Crippen molar-refractivity contribution in [2.24, 2.45) is 0 Å². The zero-order chi connectivity index (χ0) is 14.6. The Hall–Kier alpha value is -1.04. The topological polar surface area (TPSA) is 51.0 Å². The first-order valence-corrected chi connectivity index (χ1v) is 7.74. The van der Waals surface area contributed by atoms with Crippen molar-refractivity contribution in [2.45, 2.75) is 43.5 Å². The van der Waals surface area contributed by atoms with E-state index in [9.17, 15) is 0 Å². The Balaban J connectivity index is 1.89. The van der Waals surface area contributed by atoms with Crippen LogP contribution in [0.15, 0.2) is 33.7 Å². The van der Waals surface area contributed by atoms with Crippen LogP contribution in [-0.4, -0.2) is 15.7 Å². The second-order valence-corrected chi connectivity index (χ2v) is 6.85. The number of halogens is 1. The maximum atomic E-state index is 6.10. The third-order valence-corrected chi connectivity index (χ3v) is 3.98. The van der Waals surface area contributed by atoms with Crippen LogP contribution >= 0.6 is 23.4 Å². The quantitative estimate of drug-likeness (QED) is 0.849. The summed E-state index contributed by atoms with van der Waals surface area (Å²) in [4.78, 5) is 5.38. The smallest absolute Gasteiger partial charge is 0.240 e. The lowest BCUT2D eigenvalue weighted by Gasteiger charge is -2.18. The van der Waals surface area contributed by atoms with E-state index >= 15 is 0 Å². The van der Waals surface area contributed by atoms with Crippen LogP contribution in [0.5, 0.6) is 0 Å².